The number of carbonyl (C=O) groups excluding carboxylic acids is 2. The second kappa shape index (κ2) is 37.6. The van der Waals surface area contributed by atoms with Crippen LogP contribution < -0.4 is 0 Å². The summed E-state index contributed by atoms with van der Waals surface area (Å²) in [6.07, 6.45) is 36.6. The van der Waals surface area contributed by atoms with Crippen molar-refractivity contribution < 1.29 is 63.1 Å². The van der Waals surface area contributed by atoms with Crippen LogP contribution in [0.15, 0.2) is 72.9 Å². The molecule has 0 amide bonds. The van der Waals surface area contributed by atoms with E-state index in [1.165, 1.54) is 19.3 Å². The molecule has 0 bridgehead atoms. The highest BCUT2D eigenvalue weighted by molar-refractivity contribution is 7.47. The summed E-state index contributed by atoms with van der Waals surface area (Å²) in [7, 11) is -4.70. The van der Waals surface area contributed by atoms with Crippen LogP contribution in [0.5, 0.6) is 0 Å². The lowest BCUT2D eigenvalue weighted by atomic mass is 9.88. The molecule has 1 aliphatic carbocycles. The number of esters is 2. The number of unbranched alkanes of at least 4 members (excludes halogenated alkanes) is 8. The van der Waals surface area contributed by atoms with Crippen molar-refractivity contribution in [2.45, 2.75) is 179 Å². The van der Waals surface area contributed by atoms with E-state index in [4.69, 9.17) is 19.1 Å². The largest absolute Gasteiger partial charge is 0.472 e. The molecule has 0 aromatic heterocycles. The Labute approximate surface area is 372 Å². The van der Waals surface area contributed by atoms with Crippen molar-refractivity contribution in [3.05, 3.63) is 72.9 Å². The van der Waals surface area contributed by atoms with Crippen molar-refractivity contribution in [1.82, 2.24) is 0 Å². The third-order valence-corrected chi connectivity index (χ3v) is 11.4. The summed E-state index contributed by atoms with van der Waals surface area (Å²) in [5.74, 6) is -1.50. The normalized spacial score (nSPS) is 21.0. The zero-order valence-corrected chi connectivity index (χ0v) is 38.5. The van der Waals surface area contributed by atoms with Gasteiger partial charge in [-0.1, -0.05) is 138 Å². The summed E-state index contributed by atoms with van der Waals surface area (Å²) in [6.45, 7) is 1.92. The minimum atomic E-state index is -4.70. The smallest absolute Gasteiger partial charge is 0.462 e. The number of phosphoric acid groups is 1. The van der Waals surface area contributed by atoms with E-state index in [0.717, 1.165) is 64.2 Å². The lowest BCUT2D eigenvalue weighted by molar-refractivity contribution is -0.161. The molecule has 13 nitrogen and oxygen atoms in total. The number of hydrogen-bond acceptors (Lipinski definition) is 12. The highest BCUT2D eigenvalue weighted by Gasteiger charge is 2.39. The molecule has 1 aliphatic rings. The standard InChI is InChI=1S/C48H81O13P/c1-3-5-7-8-9-10-11-12-13-14-15-16-17-18-19-20-21-22-28-32-48(55)61-42(39-60-62(56,57)59-37-41(51)36-49)38-58-47(54)31-27-24-23-26-30-43-44(46(53)35-45(43)52)34-33-40(50)29-25-6-4-2/h9-10,12-13,15-16,18-19,21-22,33-34,40-46,49-53H,3-8,11,14,17,20,23-32,35-39H2,1-2H3,(H,56,57)/b10-9-,13-12-,16-15-,19-18-,22-21-,34-33+/t40-,41-,42+,43+,44+,45-,46+/m0/s1. The number of phosphoric ester groups is 1. The van der Waals surface area contributed by atoms with Crippen LogP contribution in [0, 0.1) is 11.8 Å². The molecule has 14 heteroatoms. The van der Waals surface area contributed by atoms with Crippen molar-refractivity contribution in [1.29, 1.82) is 0 Å². The number of allylic oxidation sites excluding steroid dienone is 10. The van der Waals surface area contributed by atoms with Crippen molar-refractivity contribution in [2.75, 3.05) is 26.4 Å². The van der Waals surface area contributed by atoms with Crippen LogP contribution in [-0.4, -0.2) is 99.3 Å². The number of rotatable bonds is 38. The Morgan fingerprint density at radius 3 is 1.89 bits per heavy atom. The highest BCUT2D eigenvalue weighted by atomic mass is 31.2. The lowest BCUT2D eigenvalue weighted by Crippen LogP contribution is -2.29. The van der Waals surface area contributed by atoms with Crippen LogP contribution in [0.1, 0.15) is 149 Å². The molecule has 1 saturated carbocycles. The van der Waals surface area contributed by atoms with Gasteiger partial charge in [0.05, 0.1) is 38.1 Å². The molecule has 356 valence electrons. The first kappa shape index (κ1) is 57.3. The Morgan fingerprint density at radius 2 is 1.26 bits per heavy atom. The van der Waals surface area contributed by atoms with Gasteiger partial charge < -0.3 is 39.9 Å². The Kier molecular flexibility index (Phi) is 34.8. The summed E-state index contributed by atoms with van der Waals surface area (Å²) in [5, 5.41) is 49.8. The van der Waals surface area contributed by atoms with Gasteiger partial charge in [-0.2, -0.15) is 0 Å². The molecule has 6 N–H and O–H groups in total. The first-order valence-electron chi connectivity index (χ1n) is 23.2. The van der Waals surface area contributed by atoms with E-state index in [2.05, 4.69) is 60.9 Å². The monoisotopic (exact) mass is 897 g/mol. The van der Waals surface area contributed by atoms with Crippen molar-refractivity contribution in [2.24, 2.45) is 11.8 Å². The fourth-order valence-electron chi connectivity index (χ4n) is 6.84. The quantitative estimate of drug-likeness (QED) is 0.0148. The van der Waals surface area contributed by atoms with Gasteiger partial charge in [-0.25, -0.2) is 4.57 Å². The van der Waals surface area contributed by atoms with E-state index in [1.54, 1.807) is 6.08 Å². The van der Waals surface area contributed by atoms with Gasteiger partial charge in [0.15, 0.2) is 6.10 Å². The molecule has 8 atom stereocenters. The van der Waals surface area contributed by atoms with Gasteiger partial charge in [-0.05, 0) is 70.1 Å². The Hall–Kier alpha value is -2.71. The predicted octanol–water partition coefficient (Wildman–Crippen LogP) is 8.83. The second-order valence-corrected chi connectivity index (χ2v) is 17.5. The van der Waals surface area contributed by atoms with E-state index in [1.807, 2.05) is 24.3 Å². The summed E-state index contributed by atoms with van der Waals surface area (Å²) in [6, 6.07) is 0. The average Bonchev–Trinajstić information content (AvgIpc) is 3.52. The molecule has 0 spiro atoms. The zero-order chi connectivity index (χ0) is 45.7. The lowest BCUT2D eigenvalue weighted by Gasteiger charge is -2.21. The van der Waals surface area contributed by atoms with Gasteiger partial charge in [0.25, 0.3) is 0 Å². The van der Waals surface area contributed by atoms with Gasteiger partial charge >= 0.3 is 19.8 Å². The maximum atomic E-state index is 12.6. The van der Waals surface area contributed by atoms with E-state index < -0.39 is 76.7 Å². The molecule has 0 saturated heterocycles. The third kappa shape index (κ3) is 31.2. The Morgan fingerprint density at radius 1 is 0.677 bits per heavy atom. The first-order valence-corrected chi connectivity index (χ1v) is 24.6. The number of carbonyl (C=O) groups is 2. The maximum Gasteiger partial charge on any atom is 0.472 e. The number of aliphatic hydroxyl groups is 5. The van der Waals surface area contributed by atoms with Crippen LogP contribution >= 0.6 is 7.82 Å². The number of ether oxygens (including phenoxy) is 2. The second-order valence-electron chi connectivity index (χ2n) is 16.0. The van der Waals surface area contributed by atoms with E-state index in [-0.39, 0.29) is 24.7 Å². The van der Waals surface area contributed by atoms with Gasteiger partial charge in [-0.15, -0.1) is 0 Å². The van der Waals surface area contributed by atoms with Crippen molar-refractivity contribution in [3.8, 4) is 0 Å². The van der Waals surface area contributed by atoms with E-state index in [9.17, 15) is 39.5 Å². The molecule has 0 heterocycles. The van der Waals surface area contributed by atoms with E-state index >= 15 is 0 Å². The molecule has 1 fully saturated rings. The van der Waals surface area contributed by atoms with Crippen LogP contribution in [-0.2, 0) is 32.7 Å². The van der Waals surface area contributed by atoms with Crippen LogP contribution in [0.4, 0.5) is 0 Å². The molecule has 0 aliphatic heterocycles. The predicted molar refractivity (Wildman–Crippen MR) is 244 cm³/mol. The minimum absolute atomic E-state index is 0.0143. The third-order valence-electron chi connectivity index (χ3n) is 10.4. The first-order chi connectivity index (χ1) is 29.9. The molecule has 0 aromatic carbocycles. The van der Waals surface area contributed by atoms with Crippen molar-refractivity contribution >= 4 is 19.8 Å². The minimum Gasteiger partial charge on any atom is -0.462 e. The summed E-state index contributed by atoms with van der Waals surface area (Å²) in [5.41, 5.74) is 0. The van der Waals surface area contributed by atoms with Crippen LogP contribution in [0.2, 0.25) is 0 Å². The van der Waals surface area contributed by atoms with Crippen LogP contribution in [0.25, 0.3) is 0 Å². The maximum absolute atomic E-state index is 12.6. The molecule has 0 aromatic rings. The van der Waals surface area contributed by atoms with Crippen molar-refractivity contribution in [3.63, 3.8) is 0 Å². The molecule has 1 unspecified atom stereocenters. The molecular formula is C48H81O13P. The van der Waals surface area contributed by atoms with Gasteiger partial charge in [0.1, 0.15) is 12.7 Å². The molecule has 0 radical (unpaired) electrons. The SMILES string of the molecule is CCCCC/C=C\C/C=C\C/C=C\C/C=C\C/C=C\CCC(=O)O[C@H](COC(=O)CCCCCC[C@@H]1[C@@H](/C=C/[C@@H](O)CCCCC)[C@H](O)C[C@@H]1O)COP(=O)(O)OC[C@@H](O)CO. The fourth-order valence-corrected chi connectivity index (χ4v) is 7.63. The topological polar surface area (TPSA) is 210 Å². The molecule has 1 rings (SSSR count). The number of aliphatic hydroxyl groups excluding tert-OH is 5. The summed E-state index contributed by atoms with van der Waals surface area (Å²) < 4.78 is 32.7. The highest BCUT2D eigenvalue weighted by Crippen LogP contribution is 2.43. The molecular weight excluding hydrogens is 815 g/mol. The number of hydrogen-bond donors (Lipinski definition) is 6. The average molecular weight is 897 g/mol. The summed E-state index contributed by atoms with van der Waals surface area (Å²) >= 11 is 0. The Balaban J connectivity index is 2.47. The van der Waals surface area contributed by atoms with Gasteiger partial charge in [0, 0.05) is 25.2 Å². The fraction of sp³-hybridized carbons (Fsp3) is 0.708. The van der Waals surface area contributed by atoms with Crippen LogP contribution in [0.3, 0.4) is 0 Å². The Bertz CT molecular complexity index is 1380. The van der Waals surface area contributed by atoms with Gasteiger partial charge in [-0.3, -0.25) is 18.6 Å². The molecule has 62 heavy (non-hydrogen) atoms. The zero-order valence-electron chi connectivity index (χ0n) is 37.6. The van der Waals surface area contributed by atoms with E-state index in [0.29, 0.717) is 38.5 Å². The van der Waals surface area contributed by atoms with Gasteiger partial charge in [0.2, 0.25) is 0 Å². The summed E-state index contributed by atoms with van der Waals surface area (Å²) in [4.78, 5) is 35.2.